The van der Waals surface area contributed by atoms with Gasteiger partial charge in [-0.15, -0.1) is 0 Å². The lowest BCUT2D eigenvalue weighted by Gasteiger charge is -2.43. The van der Waals surface area contributed by atoms with Gasteiger partial charge < -0.3 is 10.6 Å². The predicted molar refractivity (Wildman–Crippen MR) is 110 cm³/mol. The van der Waals surface area contributed by atoms with Crippen LogP contribution in [0.5, 0.6) is 0 Å². The van der Waals surface area contributed by atoms with Crippen LogP contribution in [0.25, 0.3) is 0 Å². The Morgan fingerprint density at radius 1 is 1.00 bits per heavy atom. The molecule has 1 fully saturated rings. The first-order chi connectivity index (χ1) is 12.3. The SMILES string of the molecule is Clc1ccccc1CCN=C1Nc2ccccc2NC12CCSCC2. The van der Waals surface area contributed by atoms with Crippen molar-refractivity contribution < 1.29 is 0 Å². The molecule has 0 aromatic heterocycles. The Bertz CT molecular complexity index is 784. The quantitative estimate of drug-likeness (QED) is 0.789. The Balaban J connectivity index is 1.58. The van der Waals surface area contributed by atoms with Crippen LogP contribution in [-0.2, 0) is 6.42 Å². The monoisotopic (exact) mass is 371 g/mol. The number of amidine groups is 1. The number of hydrogen-bond donors (Lipinski definition) is 2. The van der Waals surface area contributed by atoms with Crippen LogP contribution < -0.4 is 10.6 Å². The van der Waals surface area contributed by atoms with Gasteiger partial charge in [-0.3, -0.25) is 4.99 Å². The van der Waals surface area contributed by atoms with Crippen molar-refractivity contribution in [2.24, 2.45) is 4.99 Å². The molecule has 0 amide bonds. The van der Waals surface area contributed by atoms with E-state index < -0.39 is 0 Å². The van der Waals surface area contributed by atoms with Crippen molar-refractivity contribution in [3.8, 4) is 0 Å². The number of hydrogen-bond acceptors (Lipinski definition) is 3. The van der Waals surface area contributed by atoms with Crippen LogP contribution in [0, 0.1) is 0 Å². The summed E-state index contributed by atoms with van der Waals surface area (Å²) in [7, 11) is 0. The van der Waals surface area contributed by atoms with Crippen LogP contribution in [0.3, 0.4) is 0 Å². The highest BCUT2D eigenvalue weighted by molar-refractivity contribution is 7.99. The average Bonchev–Trinajstić information content (AvgIpc) is 2.64. The number of aliphatic imine (C=N–C) groups is 1. The van der Waals surface area contributed by atoms with Gasteiger partial charge in [-0.05, 0) is 54.5 Å². The molecule has 0 aliphatic carbocycles. The van der Waals surface area contributed by atoms with Gasteiger partial charge in [0.15, 0.2) is 0 Å². The third-order valence-electron chi connectivity index (χ3n) is 4.96. The second-order valence-electron chi connectivity index (χ2n) is 6.56. The summed E-state index contributed by atoms with van der Waals surface area (Å²) in [6.45, 7) is 0.741. The molecule has 1 spiro atoms. The molecule has 0 atom stereocenters. The Hall–Kier alpha value is -1.65. The fourth-order valence-corrected chi connectivity index (χ4v) is 4.95. The highest BCUT2D eigenvalue weighted by atomic mass is 35.5. The first-order valence-electron chi connectivity index (χ1n) is 8.77. The van der Waals surface area contributed by atoms with Crippen molar-refractivity contribution in [3.05, 3.63) is 59.1 Å². The maximum atomic E-state index is 6.28. The number of fused-ring (bicyclic) bond motifs is 1. The van der Waals surface area contributed by atoms with Crippen molar-refractivity contribution in [1.29, 1.82) is 0 Å². The van der Waals surface area contributed by atoms with Gasteiger partial charge in [0.1, 0.15) is 5.84 Å². The largest absolute Gasteiger partial charge is 0.371 e. The number of thioether (sulfide) groups is 1. The minimum Gasteiger partial charge on any atom is -0.371 e. The van der Waals surface area contributed by atoms with Crippen molar-refractivity contribution in [1.82, 2.24) is 0 Å². The van der Waals surface area contributed by atoms with E-state index in [1.165, 1.54) is 17.2 Å². The fourth-order valence-electron chi connectivity index (χ4n) is 3.53. The molecule has 0 bridgehead atoms. The van der Waals surface area contributed by atoms with E-state index in [1.54, 1.807) is 0 Å². The molecule has 1 saturated heterocycles. The van der Waals surface area contributed by atoms with Gasteiger partial charge >= 0.3 is 0 Å². The Labute approximate surface area is 158 Å². The van der Waals surface area contributed by atoms with Crippen molar-refractivity contribution in [2.75, 3.05) is 28.7 Å². The van der Waals surface area contributed by atoms with Gasteiger partial charge in [-0.1, -0.05) is 41.9 Å². The molecule has 5 heteroatoms. The van der Waals surface area contributed by atoms with Crippen molar-refractivity contribution in [2.45, 2.75) is 24.8 Å². The van der Waals surface area contributed by atoms with E-state index in [2.05, 4.69) is 41.0 Å². The number of halogens is 1. The molecule has 2 aliphatic rings. The number of rotatable bonds is 3. The number of para-hydroxylation sites is 2. The zero-order chi connectivity index (χ0) is 17.1. The number of benzene rings is 2. The Kier molecular flexibility index (Phi) is 4.91. The van der Waals surface area contributed by atoms with E-state index in [-0.39, 0.29) is 5.54 Å². The average molecular weight is 372 g/mol. The number of nitrogens with one attached hydrogen (secondary N) is 2. The summed E-state index contributed by atoms with van der Waals surface area (Å²) in [5, 5.41) is 8.22. The van der Waals surface area contributed by atoms with E-state index in [0.29, 0.717) is 0 Å². The maximum absolute atomic E-state index is 6.28. The zero-order valence-electron chi connectivity index (χ0n) is 14.1. The van der Waals surface area contributed by atoms with Crippen LogP contribution in [0.2, 0.25) is 5.02 Å². The summed E-state index contributed by atoms with van der Waals surface area (Å²) in [6.07, 6.45) is 3.06. The molecule has 2 aromatic rings. The maximum Gasteiger partial charge on any atom is 0.127 e. The van der Waals surface area contributed by atoms with E-state index in [0.717, 1.165) is 47.9 Å². The summed E-state index contributed by atoms with van der Waals surface area (Å²) in [5.74, 6) is 3.42. The standard InChI is InChI=1S/C20H22ClN3S/c21-16-6-2-1-5-15(16)9-12-22-19-20(10-13-25-14-11-20)24-18-8-4-3-7-17(18)23-19/h1-8,24H,9-14H2,(H,22,23). The molecule has 2 N–H and O–H groups in total. The molecule has 0 unspecified atom stereocenters. The number of nitrogens with zero attached hydrogens (tertiary/aromatic N) is 1. The highest BCUT2D eigenvalue weighted by Gasteiger charge is 2.40. The molecule has 3 nitrogen and oxygen atoms in total. The lowest BCUT2D eigenvalue weighted by Crippen LogP contribution is -2.54. The lowest BCUT2D eigenvalue weighted by molar-refractivity contribution is 0.560. The summed E-state index contributed by atoms with van der Waals surface area (Å²) >= 11 is 8.30. The first-order valence-corrected chi connectivity index (χ1v) is 10.3. The first kappa shape index (κ1) is 16.8. The van der Waals surface area contributed by atoms with Crippen LogP contribution in [0.1, 0.15) is 18.4 Å². The minimum absolute atomic E-state index is 0.0555. The normalized spacial score (nSPS) is 20.0. The molecule has 2 heterocycles. The van der Waals surface area contributed by atoms with Gasteiger partial charge in [-0.25, -0.2) is 0 Å². The molecular weight excluding hydrogens is 350 g/mol. The van der Waals surface area contributed by atoms with Gasteiger partial charge in [0, 0.05) is 11.6 Å². The molecule has 25 heavy (non-hydrogen) atoms. The van der Waals surface area contributed by atoms with E-state index in [4.69, 9.17) is 16.6 Å². The van der Waals surface area contributed by atoms with E-state index in [9.17, 15) is 0 Å². The minimum atomic E-state index is -0.0555. The molecule has 0 saturated carbocycles. The topological polar surface area (TPSA) is 36.4 Å². The zero-order valence-corrected chi connectivity index (χ0v) is 15.7. The van der Waals surface area contributed by atoms with Gasteiger partial charge in [0.05, 0.1) is 16.9 Å². The molecule has 4 rings (SSSR count). The lowest BCUT2D eigenvalue weighted by atomic mass is 9.87. The summed E-state index contributed by atoms with van der Waals surface area (Å²) < 4.78 is 0. The highest BCUT2D eigenvalue weighted by Crippen LogP contribution is 2.38. The molecule has 2 aromatic carbocycles. The second kappa shape index (κ2) is 7.30. The number of anilines is 2. The molecule has 130 valence electrons. The molecule has 2 aliphatic heterocycles. The van der Waals surface area contributed by atoms with E-state index in [1.807, 2.05) is 30.0 Å². The third kappa shape index (κ3) is 3.51. The van der Waals surface area contributed by atoms with Gasteiger partial charge in [0.25, 0.3) is 0 Å². The van der Waals surface area contributed by atoms with Crippen LogP contribution in [0.4, 0.5) is 11.4 Å². The smallest absolute Gasteiger partial charge is 0.127 e. The Morgan fingerprint density at radius 3 is 2.52 bits per heavy atom. The van der Waals surface area contributed by atoms with E-state index >= 15 is 0 Å². The van der Waals surface area contributed by atoms with Crippen LogP contribution in [-0.4, -0.2) is 29.4 Å². The summed E-state index contributed by atoms with van der Waals surface area (Å²) in [6, 6.07) is 16.4. The predicted octanol–water partition coefficient (Wildman–Crippen LogP) is 5.08. The van der Waals surface area contributed by atoms with Crippen LogP contribution in [0.15, 0.2) is 53.5 Å². The summed E-state index contributed by atoms with van der Waals surface area (Å²) in [5.41, 5.74) is 3.40. The van der Waals surface area contributed by atoms with Crippen molar-refractivity contribution >= 4 is 40.6 Å². The molecule has 0 radical (unpaired) electrons. The summed E-state index contributed by atoms with van der Waals surface area (Å²) in [4.78, 5) is 4.97. The second-order valence-corrected chi connectivity index (χ2v) is 8.19. The molecular formula is C20H22ClN3S. The van der Waals surface area contributed by atoms with Crippen LogP contribution >= 0.6 is 23.4 Å². The fraction of sp³-hybridized carbons (Fsp3) is 0.350. The Morgan fingerprint density at radius 2 is 1.72 bits per heavy atom. The van der Waals surface area contributed by atoms with Gasteiger partial charge in [-0.2, -0.15) is 11.8 Å². The van der Waals surface area contributed by atoms with Crippen molar-refractivity contribution in [3.63, 3.8) is 0 Å². The third-order valence-corrected chi connectivity index (χ3v) is 6.32. The van der Waals surface area contributed by atoms with Gasteiger partial charge in [0.2, 0.25) is 0 Å².